The van der Waals surface area contributed by atoms with Crippen molar-refractivity contribution >= 4 is 17.2 Å². The van der Waals surface area contributed by atoms with Crippen LogP contribution < -0.4 is 10.5 Å². The van der Waals surface area contributed by atoms with Crippen molar-refractivity contribution in [1.82, 2.24) is 14.9 Å². The Morgan fingerprint density at radius 3 is 2.53 bits per heavy atom. The molecular weight excluding hydrogens is 236 g/mol. The molecule has 0 saturated carbocycles. The highest BCUT2D eigenvalue weighted by molar-refractivity contribution is 7.80. The van der Waals surface area contributed by atoms with Gasteiger partial charge in [0.15, 0.2) is 5.69 Å². The Labute approximate surface area is 107 Å². The molecule has 6 heteroatoms. The average Bonchev–Trinajstić information content (AvgIpc) is 2.26. The minimum absolute atomic E-state index is 0.106. The molecule has 2 N–H and O–H groups in total. The van der Waals surface area contributed by atoms with E-state index in [0.29, 0.717) is 18.2 Å². The quantitative estimate of drug-likeness (QED) is 0.785. The largest absolute Gasteiger partial charge is 0.474 e. The van der Waals surface area contributed by atoms with E-state index in [-0.39, 0.29) is 10.5 Å². The molecule has 0 aliphatic rings. The molecule has 1 heterocycles. The molecule has 0 unspecified atom stereocenters. The first-order valence-corrected chi connectivity index (χ1v) is 5.66. The summed E-state index contributed by atoms with van der Waals surface area (Å²) in [6.07, 6.45) is 3.10. The van der Waals surface area contributed by atoms with Crippen molar-refractivity contribution in [1.29, 1.82) is 0 Å². The number of nitrogens with two attached hydrogens (primary N) is 1. The Morgan fingerprint density at radius 2 is 2.00 bits per heavy atom. The van der Waals surface area contributed by atoms with Crippen LogP contribution >= 0.6 is 12.2 Å². The second-order valence-corrected chi connectivity index (χ2v) is 5.01. The third-order valence-electron chi connectivity index (χ3n) is 2.67. The van der Waals surface area contributed by atoms with Crippen molar-refractivity contribution in [2.24, 2.45) is 5.73 Å². The van der Waals surface area contributed by atoms with Gasteiger partial charge in [-0.25, -0.2) is 9.97 Å². The maximum atomic E-state index is 5.64. The fourth-order valence-corrected chi connectivity index (χ4v) is 1.11. The molecule has 0 atom stereocenters. The Hall–Kier alpha value is -1.27. The van der Waals surface area contributed by atoms with E-state index in [0.717, 1.165) is 0 Å². The normalized spacial score (nSPS) is 11.6. The van der Waals surface area contributed by atoms with Crippen LogP contribution in [0.2, 0.25) is 0 Å². The van der Waals surface area contributed by atoms with Gasteiger partial charge in [-0.3, -0.25) is 0 Å². The standard InChI is InChI=1S/C11H18N4OS/c1-11(2,15(3)4)7-16-10-8(9(12)17)13-5-6-14-10/h5-6H,7H2,1-4H3,(H2,12,17). The fourth-order valence-electron chi connectivity index (χ4n) is 0.974. The van der Waals surface area contributed by atoms with Gasteiger partial charge in [0.2, 0.25) is 5.88 Å². The van der Waals surface area contributed by atoms with Gasteiger partial charge in [-0.2, -0.15) is 0 Å². The number of nitrogens with zero attached hydrogens (tertiary/aromatic N) is 3. The molecule has 5 nitrogen and oxygen atoms in total. The Bertz CT molecular complexity index is 406. The zero-order valence-corrected chi connectivity index (χ0v) is 11.4. The lowest BCUT2D eigenvalue weighted by Crippen LogP contribution is -2.43. The highest BCUT2D eigenvalue weighted by Crippen LogP contribution is 2.16. The summed E-state index contributed by atoms with van der Waals surface area (Å²) in [5.74, 6) is 0.384. The maximum Gasteiger partial charge on any atom is 0.243 e. The van der Waals surface area contributed by atoms with Gasteiger partial charge in [-0.1, -0.05) is 12.2 Å². The molecule has 1 aromatic rings. The first-order valence-electron chi connectivity index (χ1n) is 5.25. The van der Waals surface area contributed by atoms with E-state index in [1.807, 2.05) is 14.1 Å². The fraction of sp³-hybridized carbons (Fsp3) is 0.545. The average molecular weight is 254 g/mol. The predicted molar refractivity (Wildman–Crippen MR) is 71.2 cm³/mol. The van der Waals surface area contributed by atoms with Crippen molar-refractivity contribution in [2.75, 3.05) is 20.7 Å². The summed E-state index contributed by atoms with van der Waals surface area (Å²) in [6, 6.07) is 0. The smallest absolute Gasteiger partial charge is 0.243 e. The lowest BCUT2D eigenvalue weighted by molar-refractivity contribution is 0.110. The molecule has 17 heavy (non-hydrogen) atoms. The summed E-state index contributed by atoms with van der Waals surface area (Å²) >= 11 is 4.89. The van der Waals surface area contributed by atoms with E-state index in [9.17, 15) is 0 Å². The minimum atomic E-state index is -0.106. The van der Waals surface area contributed by atoms with E-state index in [1.54, 1.807) is 12.4 Å². The first kappa shape index (κ1) is 13.8. The Balaban J connectivity index is 2.79. The maximum absolute atomic E-state index is 5.64. The molecule has 0 spiro atoms. The van der Waals surface area contributed by atoms with E-state index < -0.39 is 0 Å². The van der Waals surface area contributed by atoms with Crippen LogP contribution in [0.25, 0.3) is 0 Å². The molecule has 1 rings (SSSR count). The third-order valence-corrected chi connectivity index (χ3v) is 2.86. The summed E-state index contributed by atoms with van der Waals surface area (Å²) in [7, 11) is 3.99. The van der Waals surface area contributed by atoms with E-state index >= 15 is 0 Å². The van der Waals surface area contributed by atoms with Gasteiger partial charge in [0.05, 0.1) is 0 Å². The minimum Gasteiger partial charge on any atom is -0.474 e. The summed E-state index contributed by atoms with van der Waals surface area (Å²) in [5.41, 5.74) is 5.87. The zero-order chi connectivity index (χ0) is 13.1. The van der Waals surface area contributed by atoms with Crippen LogP contribution in [0.15, 0.2) is 12.4 Å². The van der Waals surface area contributed by atoms with Gasteiger partial charge in [-0.05, 0) is 27.9 Å². The number of hydrogen-bond acceptors (Lipinski definition) is 5. The number of aromatic nitrogens is 2. The van der Waals surface area contributed by atoms with Crippen LogP contribution in [0.4, 0.5) is 0 Å². The van der Waals surface area contributed by atoms with Crippen LogP contribution in [-0.4, -0.2) is 46.1 Å². The van der Waals surface area contributed by atoms with Gasteiger partial charge in [-0.15, -0.1) is 0 Å². The molecule has 0 bridgehead atoms. The Kier molecular flexibility index (Phi) is 4.36. The van der Waals surface area contributed by atoms with Crippen molar-refractivity contribution < 1.29 is 4.74 Å². The zero-order valence-electron chi connectivity index (χ0n) is 10.6. The van der Waals surface area contributed by atoms with Gasteiger partial charge in [0.25, 0.3) is 0 Å². The summed E-state index contributed by atoms with van der Waals surface area (Å²) < 4.78 is 5.64. The molecule has 94 valence electrons. The molecule has 0 aliphatic heterocycles. The lowest BCUT2D eigenvalue weighted by Gasteiger charge is -2.32. The van der Waals surface area contributed by atoms with Crippen LogP contribution in [0.5, 0.6) is 5.88 Å². The summed E-state index contributed by atoms with van der Waals surface area (Å²) in [6.45, 7) is 4.63. The topological polar surface area (TPSA) is 64.3 Å². The molecule has 0 amide bonds. The molecule has 1 aromatic heterocycles. The summed E-state index contributed by atoms with van der Waals surface area (Å²) in [4.78, 5) is 10.4. The number of rotatable bonds is 5. The SMILES string of the molecule is CN(C)C(C)(C)COc1nccnc1C(N)=S. The van der Waals surface area contributed by atoms with Gasteiger partial charge in [0, 0.05) is 17.9 Å². The van der Waals surface area contributed by atoms with Crippen LogP contribution in [-0.2, 0) is 0 Å². The van der Waals surface area contributed by atoms with Crippen molar-refractivity contribution in [2.45, 2.75) is 19.4 Å². The number of thiocarbonyl (C=S) groups is 1. The van der Waals surface area contributed by atoms with Crippen LogP contribution in [0, 0.1) is 0 Å². The van der Waals surface area contributed by atoms with Crippen LogP contribution in [0.1, 0.15) is 19.5 Å². The molecule has 0 radical (unpaired) electrons. The van der Waals surface area contributed by atoms with Gasteiger partial charge < -0.3 is 15.4 Å². The highest BCUT2D eigenvalue weighted by atomic mass is 32.1. The Morgan fingerprint density at radius 1 is 1.41 bits per heavy atom. The molecule has 0 aromatic carbocycles. The molecular formula is C11H18N4OS. The first-order chi connectivity index (χ1) is 7.84. The second-order valence-electron chi connectivity index (χ2n) is 4.57. The molecule has 0 fully saturated rings. The van der Waals surface area contributed by atoms with Gasteiger partial charge in [0.1, 0.15) is 11.6 Å². The monoisotopic (exact) mass is 254 g/mol. The number of hydrogen-bond donors (Lipinski definition) is 1. The van der Waals surface area contributed by atoms with Crippen LogP contribution in [0.3, 0.4) is 0 Å². The second kappa shape index (κ2) is 5.37. The molecule has 0 saturated heterocycles. The van der Waals surface area contributed by atoms with Crippen molar-refractivity contribution in [3.8, 4) is 5.88 Å². The van der Waals surface area contributed by atoms with Gasteiger partial charge >= 0.3 is 0 Å². The highest BCUT2D eigenvalue weighted by Gasteiger charge is 2.22. The van der Waals surface area contributed by atoms with Crippen molar-refractivity contribution in [3.05, 3.63) is 18.1 Å². The predicted octanol–water partition coefficient (Wildman–Crippen LogP) is 0.830. The summed E-state index contributed by atoms with van der Waals surface area (Å²) in [5, 5.41) is 0. The third kappa shape index (κ3) is 3.61. The number of likely N-dealkylation sites (N-methyl/N-ethyl adjacent to an activating group) is 1. The molecule has 0 aliphatic carbocycles. The van der Waals surface area contributed by atoms with E-state index in [4.69, 9.17) is 22.7 Å². The lowest BCUT2D eigenvalue weighted by atomic mass is 10.1. The van der Waals surface area contributed by atoms with Crippen molar-refractivity contribution in [3.63, 3.8) is 0 Å². The number of ether oxygens (including phenoxy) is 1. The van der Waals surface area contributed by atoms with E-state index in [1.165, 1.54) is 0 Å². The van der Waals surface area contributed by atoms with E-state index in [2.05, 4.69) is 28.7 Å².